The van der Waals surface area contributed by atoms with Gasteiger partial charge in [0.05, 0.1) is 17.5 Å². The summed E-state index contributed by atoms with van der Waals surface area (Å²) in [5.41, 5.74) is 0.685. The van der Waals surface area contributed by atoms with E-state index in [1.54, 1.807) is 18.2 Å². The third-order valence-corrected chi connectivity index (χ3v) is 1.94. The standard InChI is InChI=1S/C10H9NO3S/c1-2-12-10-13-8-4-3-7(11-6-15)5-9(8)14-10/h3-5,10H,2H2,1H3. The molecule has 0 amide bonds. The molecule has 1 aliphatic rings. The van der Waals surface area contributed by atoms with Crippen molar-refractivity contribution in [3.8, 4) is 11.5 Å². The molecule has 0 fully saturated rings. The van der Waals surface area contributed by atoms with Crippen molar-refractivity contribution in [2.24, 2.45) is 4.99 Å². The lowest BCUT2D eigenvalue weighted by Crippen LogP contribution is -2.21. The SMILES string of the molecule is CCOC1Oc2ccc(N=C=S)cc2O1. The minimum Gasteiger partial charge on any atom is -0.428 e. The first-order valence-electron chi connectivity index (χ1n) is 4.50. The Morgan fingerprint density at radius 3 is 3.00 bits per heavy atom. The maximum Gasteiger partial charge on any atom is 0.361 e. The molecule has 5 heteroatoms. The molecule has 0 saturated heterocycles. The van der Waals surface area contributed by atoms with Crippen LogP contribution in [0.5, 0.6) is 11.5 Å². The highest BCUT2D eigenvalue weighted by atomic mass is 32.1. The zero-order valence-corrected chi connectivity index (χ0v) is 8.91. The molecule has 0 saturated carbocycles. The van der Waals surface area contributed by atoms with E-state index < -0.39 is 6.48 Å². The third-order valence-electron chi connectivity index (χ3n) is 1.85. The highest BCUT2D eigenvalue weighted by Gasteiger charge is 2.24. The minimum absolute atomic E-state index is 0.531. The molecule has 1 heterocycles. The van der Waals surface area contributed by atoms with Crippen molar-refractivity contribution in [3.05, 3.63) is 18.2 Å². The van der Waals surface area contributed by atoms with Crippen LogP contribution in [0, 0.1) is 0 Å². The Morgan fingerprint density at radius 1 is 1.47 bits per heavy atom. The van der Waals surface area contributed by atoms with Crippen LogP contribution in [0.3, 0.4) is 0 Å². The van der Waals surface area contributed by atoms with E-state index in [1.807, 2.05) is 6.92 Å². The number of isothiocyanates is 1. The molecule has 15 heavy (non-hydrogen) atoms. The molecular formula is C10H9NO3S. The molecule has 1 unspecified atom stereocenters. The molecule has 78 valence electrons. The second kappa shape index (κ2) is 4.40. The van der Waals surface area contributed by atoms with Crippen molar-refractivity contribution >= 4 is 23.1 Å². The molecule has 0 bridgehead atoms. The summed E-state index contributed by atoms with van der Waals surface area (Å²) in [6, 6.07) is 5.27. The summed E-state index contributed by atoms with van der Waals surface area (Å²) >= 11 is 4.51. The van der Waals surface area contributed by atoms with Gasteiger partial charge < -0.3 is 14.2 Å². The normalized spacial score (nSPS) is 17.3. The summed E-state index contributed by atoms with van der Waals surface area (Å²) in [7, 11) is 0. The topological polar surface area (TPSA) is 40.0 Å². The first-order chi connectivity index (χ1) is 7.33. The largest absolute Gasteiger partial charge is 0.428 e. The number of aliphatic imine (C=N–C) groups is 1. The van der Waals surface area contributed by atoms with Gasteiger partial charge in [-0.1, -0.05) is 0 Å². The van der Waals surface area contributed by atoms with Crippen LogP contribution >= 0.6 is 12.2 Å². The molecular weight excluding hydrogens is 214 g/mol. The second-order valence-electron chi connectivity index (χ2n) is 2.81. The van der Waals surface area contributed by atoms with Gasteiger partial charge in [-0.05, 0) is 31.3 Å². The van der Waals surface area contributed by atoms with E-state index in [0.717, 1.165) is 0 Å². The highest BCUT2D eigenvalue weighted by Crippen LogP contribution is 2.37. The van der Waals surface area contributed by atoms with Gasteiger partial charge in [-0.2, -0.15) is 4.99 Å². The van der Waals surface area contributed by atoms with Gasteiger partial charge in [-0.3, -0.25) is 0 Å². The Morgan fingerprint density at radius 2 is 2.27 bits per heavy atom. The van der Waals surface area contributed by atoms with Gasteiger partial charge in [-0.25, -0.2) is 0 Å². The Kier molecular flexibility index (Phi) is 2.97. The van der Waals surface area contributed by atoms with E-state index in [1.165, 1.54) is 0 Å². The Labute approximate surface area is 92.5 Å². The summed E-state index contributed by atoms with van der Waals surface area (Å²) < 4.78 is 15.9. The quantitative estimate of drug-likeness (QED) is 0.583. The maximum absolute atomic E-state index is 5.37. The lowest BCUT2D eigenvalue weighted by atomic mass is 10.3. The van der Waals surface area contributed by atoms with Crippen molar-refractivity contribution in [2.45, 2.75) is 13.4 Å². The van der Waals surface area contributed by atoms with Gasteiger partial charge in [-0.15, -0.1) is 0 Å². The second-order valence-corrected chi connectivity index (χ2v) is 3.00. The lowest BCUT2D eigenvalue weighted by Gasteiger charge is -2.07. The summed E-state index contributed by atoms with van der Waals surface area (Å²) in [6.45, 7) is 1.75. The molecule has 0 spiro atoms. The molecule has 2 rings (SSSR count). The van der Waals surface area contributed by atoms with Gasteiger partial charge in [0.15, 0.2) is 11.5 Å². The van der Waals surface area contributed by atoms with E-state index in [9.17, 15) is 0 Å². The third kappa shape index (κ3) is 2.15. The number of ether oxygens (including phenoxy) is 3. The van der Waals surface area contributed by atoms with Crippen LogP contribution in [-0.4, -0.2) is 18.2 Å². The van der Waals surface area contributed by atoms with Crippen LogP contribution in [0.2, 0.25) is 0 Å². The smallest absolute Gasteiger partial charge is 0.361 e. The number of thiocarbonyl (C=S) groups is 1. The average molecular weight is 223 g/mol. The van der Waals surface area contributed by atoms with Crippen molar-refractivity contribution in [3.63, 3.8) is 0 Å². The molecule has 0 aromatic heterocycles. The fourth-order valence-corrected chi connectivity index (χ4v) is 1.35. The van der Waals surface area contributed by atoms with Gasteiger partial charge in [0.1, 0.15) is 0 Å². The Bertz CT molecular complexity index is 415. The zero-order chi connectivity index (χ0) is 10.7. The summed E-state index contributed by atoms with van der Waals surface area (Å²) in [5, 5.41) is 2.29. The van der Waals surface area contributed by atoms with Gasteiger partial charge in [0.25, 0.3) is 0 Å². The Hall–Kier alpha value is -1.42. The fourth-order valence-electron chi connectivity index (χ4n) is 1.24. The molecule has 0 aliphatic carbocycles. The number of hydrogen-bond donors (Lipinski definition) is 0. The minimum atomic E-state index is -0.656. The van der Waals surface area contributed by atoms with Crippen LogP contribution in [-0.2, 0) is 4.74 Å². The van der Waals surface area contributed by atoms with Crippen LogP contribution in [0.25, 0.3) is 0 Å². The van der Waals surface area contributed by atoms with Crippen LogP contribution < -0.4 is 9.47 Å². The lowest BCUT2D eigenvalue weighted by molar-refractivity contribution is -0.173. The van der Waals surface area contributed by atoms with Crippen molar-refractivity contribution < 1.29 is 14.2 Å². The molecule has 1 aromatic carbocycles. The highest BCUT2D eigenvalue weighted by molar-refractivity contribution is 7.78. The summed E-state index contributed by atoms with van der Waals surface area (Å²) in [6.07, 6.45) is 0. The average Bonchev–Trinajstić information content (AvgIpc) is 2.60. The molecule has 1 atom stereocenters. The van der Waals surface area contributed by atoms with E-state index >= 15 is 0 Å². The fraction of sp³-hybridized carbons (Fsp3) is 0.300. The van der Waals surface area contributed by atoms with E-state index in [-0.39, 0.29) is 0 Å². The first kappa shape index (κ1) is 10.1. The van der Waals surface area contributed by atoms with E-state index in [0.29, 0.717) is 23.8 Å². The molecule has 0 N–H and O–H groups in total. The summed E-state index contributed by atoms with van der Waals surface area (Å²) in [5.74, 6) is 1.26. The molecule has 4 nitrogen and oxygen atoms in total. The zero-order valence-electron chi connectivity index (χ0n) is 8.10. The monoisotopic (exact) mass is 223 g/mol. The van der Waals surface area contributed by atoms with Gasteiger partial charge in [0.2, 0.25) is 0 Å². The number of benzene rings is 1. The predicted molar refractivity (Wildman–Crippen MR) is 57.8 cm³/mol. The van der Waals surface area contributed by atoms with Crippen LogP contribution in [0.4, 0.5) is 5.69 Å². The number of fused-ring (bicyclic) bond motifs is 1. The predicted octanol–water partition coefficient (Wildman–Crippen LogP) is 2.51. The van der Waals surface area contributed by atoms with Gasteiger partial charge >= 0.3 is 6.48 Å². The van der Waals surface area contributed by atoms with Gasteiger partial charge in [0, 0.05) is 6.07 Å². The first-order valence-corrected chi connectivity index (χ1v) is 4.91. The summed E-state index contributed by atoms with van der Waals surface area (Å²) in [4.78, 5) is 3.84. The molecule has 0 radical (unpaired) electrons. The Balaban J connectivity index is 2.19. The van der Waals surface area contributed by atoms with E-state index in [2.05, 4.69) is 22.4 Å². The van der Waals surface area contributed by atoms with Crippen LogP contribution in [0.15, 0.2) is 23.2 Å². The molecule has 1 aromatic rings. The van der Waals surface area contributed by atoms with Crippen molar-refractivity contribution in [1.82, 2.24) is 0 Å². The van der Waals surface area contributed by atoms with Crippen molar-refractivity contribution in [2.75, 3.05) is 6.61 Å². The maximum atomic E-state index is 5.37. The molecule has 1 aliphatic heterocycles. The number of nitrogens with zero attached hydrogens (tertiary/aromatic N) is 1. The number of hydrogen-bond acceptors (Lipinski definition) is 5. The number of rotatable bonds is 3. The van der Waals surface area contributed by atoms with Crippen LogP contribution in [0.1, 0.15) is 6.92 Å². The van der Waals surface area contributed by atoms with E-state index in [4.69, 9.17) is 14.2 Å². The van der Waals surface area contributed by atoms with Crippen molar-refractivity contribution in [1.29, 1.82) is 0 Å².